The lowest BCUT2D eigenvalue weighted by Gasteiger charge is -2.36. The smallest absolute Gasteiger partial charge is 0.437 e. The number of aliphatic imine (C=N–C) groups is 1. The Bertz CT molecular complexity index is 1700. The van der Waals surface area contributed by atoms with Crippen LogP contribution in [0.25, 0.3) is 0 Å². The van der Waals surface area contributed by atoms with Gasteiger partial charge in [0.05, 0.1) is 26.2 Å². The number of methoxy groups -OCH3 is 1. The van der Waals surface area contributed by atoms with Crippen molar-refractivity contribution in [3.63, 3.8) is 0 Å². The number of amides is 5. The molecule has 16 heteroatoms. The molecule has 59 heavy (non-hydrogen) atoms. The van der Waals surface area contributed by atoms with Crippen molar-refractivity contribution in [1.82, 2.24) is 25.8 Å². The highest BCUT2D eigenvalue weighted by atomic mass is 16.6. The van der Waals surface area contributed by atoms with Gasteiger partial charge in [-0.3, -0.25) is 24.5 Å². The summed E-state index contributed by atoms with van der Waals surface area (Å²) >= 11 is 0. The van der Waals surface area contributed by atoms with Crippen molar-refractivity contribution in [2.45, 2.75) is 109 Å². The Morgan fingerprint density at radius 1 is 0.847 bits per heavy atom. The van der Waals surface area contributed by atoms with E-state index in [1.807, 2.05) is 74.5 Å². The van der Waals surface area contributed by atoms with Crippen LogP contribution in [-0.2, 0) is 46.6 Å². The molecule has 0 radical (unpaired) electrons. The van der Waals surface area contributed by atoms with E-state index < -0.39 is 48.1 Å². The van der Waals surface area contributed by atoms with Gasteiger partial charge in [0.2, 0.25) is 23.7 Å². The van der Waals surface area contributed by atoms with Crippen LogP contribution in [0.2, 0.25) is 0 Å². The zero-order valence-electron chi connectivity index (χ0n) is 34.4. The molecular weight excluding hydrogens is 761 g/mol. The van der Waals surface area contributed by atoms with Crippen molar-refractivity contribution in [3.05, 3.63) is 71.8 Å². The molecule has 16 nitrogen and oxygen atoms in total. The summed E-state index contributed by atoms with van der Waals surface area (Å²) in [6.45, 7) is 4.61. The van der Waals surface area contributed by atoms with Crippen LogP contribution in [0.3, 0.4) is 0 Å². The second-order valence-corrected chi connectivity index (χ2v) is 15.0. The van der Waals surface area contributed by atoms with Gasteiger partial charge in [-0.25, -0.2) is 9.59 Å². The first-order chi connectivity index (χ1) is 28.5. The van der Waals surface area contributed by atoms with Gasteiger partial charge in [0.15, 0.2) is 0 Å². The van der Waals surface area contributed by atoms with Gasteiger partial charge in [-0.05, 0) is 62.0 Å². The zero-order valence-corrected chi connectivity index (χ0v) is 34.4. The van der Waals surface area contributed by atoms with E-state index in [1.165, 1.54) is 12.0 Å². The van der Waals surface area contributed by atoms with Gasteiger partial charge in [0.25, 0.3) is 0 Å². The Labute approximate surface area is 346 Å². The van der Waals surface area contributed by atoms with E-state index in [1.54, 1.807) is 4.90 Å². The van der Waals surface area contributed by atoms with Crippen LogP contribution in [0.1, 0.15) is 89.2 Å². The monoisotopic (exact) mass is 820 g/mol. The number of hydrogen-bond donors (Lipinski definition) is 4. The quantitative estimate of drug-likeness (QED) is 0.0716. The minimum absolute atomic E-state index is 0.00187. The molecule has 0 aliphatic carbocycles. The first-order valence-corrected chi connectivity index (χ1v) is 20.7. The maximum absolute atomic E-state index is 13.9. The third-order valence-corrected chi connectivity index (χ3v) is 10.5. The van der Waals surface area contributed by atoms with Gasteiger partial charge in [0, 0.05) is 25.6 Å². The van der Waals surface area contributed by atoms with Crippen molar-refractivity contribution >= 4 is 41.8 Å². The van der Waals surface area contributed by atoms with E-state index in [0.717, 1.165) is 30.4 Å². The average molecular weight is 821 g/mol. The molecule has 4 atom stereocenters. The molecule has 0 spiro atoms. The van der Waals surface area contributed by atoms with Crippen LogP contribution < -0.4 is 16.0 Å². The van der Waals surface area contributed by atoms with E-state index >= 15 is 0 Å². The number of carbonyl (C=O) groups is 6. The molecule has 4 N–H and O–H groups in total. The van der Waals surface area contributed by atoms with Crippen molar-refractivity contribution in [1.29, 1.82) is 0 Å². The first-order valence-electron chi connectivity index (χ1n) is 20.7. The Hall–Kier alpha value is -5.51. The first kappa shape index (κ1) is 46.2. The van der Waals surface area contributed by atoms with Crippen LogP contribution in [-0.4, -0.2) is 108 Å². The lowest BCUT2D eigenvalue weighted by molar-refractivity contribution is -0.147. The van der Waals surface area contributed by atoms with Crippen LogP contribution >= 0.6 is 0 Å². The fourth-order valence-corrected chi connectivity index (χ4v) is 7.54. The van der Waals surface area contributed by atoms with Gasteiger partial charge >= 0.3 is 18.2 Å². The van der Waals surface area contributed by atoms with Gasteiger partial charge in [0.1, 0.15) is 25.3 Å². The Balaban J connectivity index is 1.41. The molecular formula is C43H60N6O10. The number of likely N-dealkylation sites (tertiary alicyclic amines) is 2. The molecule has 5 amide bonds. The number of guanidine groups is 1. The zero-order chi connectivity index (χ0) is 42.6. The summed E-state index contributed by atoms with van der Waals surface area (Å²) in [5, 5.41) is 18.7. The predicted octanol–water partition coefficient (Wildman–Crippen LogP) is 4.44. The minimum Gasteiger partial charge on any atom is -0.469 e. The average Bonchev–Trinajstić information content (AvgIpc) is 3.75. The number of hydrogen-bond acceptors (Lipinski definition) is 10. The molecule has 3 unspecified atom stereocenters. The maximum atomic E-state index is 13.9. The highest BCUT2D eigenvalue weighted by Gasteiger charge is 2.40. The molecule has 2 aliphatic heterocycles. The van der Waals surface area contributed by atoms with Gasteiger partial charge in [-0.15, -0.1) is 4.99 Å². The van der Waals surface area contributed by atoms with Gasteiger partial charge in [-0.1, -0.05) is 87.4 Å². The van der Waals surface area contributed by atoms with Crippen molar-refractivity contribution in [3.8, 4) is 0 Å². The normalized spacial score (nSPS) is 17.7. The number of esters is 1. The fraction of sp³-hybridized carbons (Fsp3) is 0.558. The SMILES string of the molecule is CCCC(CCC)C(=O)N[C@@H](CC(=O)OC)C(=O)N1CCCC1C(=O)NC(CO)CC1CCCN(/C(=N/C(=O)OCc2ccccc2)NC(=O)OCc2ccccc2)C1. The van der Waals surface area contributed by atoms with E-state index in [4.69, 9.17) is 14.2 Å². The Morgan fingerprint density at radius 2 is 1.47 bits per heavy atom. The lowest BCUT2D eigenvalue weighted by Crippen LogP contribution is -2.56. The summed E-state index contributed by atoms with van der Waals surface area (Å²) in [6, 6.07) is 15.5. The van der Waals surface area contributed by atoms with E-state index in [-0.39, 0.29) is 56.5 Å². The lowest BCUT2D eigenvalue weighted by atomic mass is 9.91. The number of nitrogens with zero attached hydrogens (tertiary/aromatic N) is 3. The number of aliphatic hydroxyl groups is 1. The van der Waals surface area contributed by atoms with Crippen molar-refractivity contribution in [2.24, 2.45) is 16.8 Å². The third-order valence-electron chi connectivity index (χ3n) is 10.5. The Kier molecular flexibility index (Phi) is 19.1. The summed E-state index contributed by atoms with van der Waals surface area (Å²) in [6.07, 6.45) is 3.41. The number of rotatable bonds is 18. The van der Waals surface area contributed by atoms with Gasteiger partial charge < -0.3 is 39.8 Å². The van der Waals surface area contributed by atoms with Crippen LogP contribution in [0, 0.1) is 11.8 Å². The fourth-order valence-electron chi connectivity index (χ4n) is 7.54. The van der Waals surface area contributed by atoms with Crippen LogP contribution in [0.5, 0.6) is 0 Å². The number of piperidine rings is 1. The molecule has 2 saturated heterocycles. The number of ether oxygens (including phenoxy) is 3. The molecule has 2 aromatic rings. The Morgan fingerprint density at radius 3 is 2.08 bits per heavy atom. The van der Waals surface area contributed by atoms with E-state index in [9.17, 15) is 33.9 Å². The standard InChI is InChI=1S/C43H60N6O10/c1-4-14-33(15-5-2)38(52)45-35(25-37(51)57-3)40(54)49-23-13-21-36(49)39(53)44-34(27-50)24-32-20-12-22-48(26-32)41(46-42(55)58-28-30-16-8-6-9-17-30)47-43(56)59-29-31-18-10-7-11-19-31/h6-11,16-19,32-36,50H,4-5,12-15,20-29H2,1-3H3,(H,44,53)(H,45,52)(H,46,47,55,56)/t32?,34?,35-,36?/m0/s1. The number of nitrogens with one attached hydrogen (secondary N) is 3. The van der Waals surface area contributed by atoms with E-state index in [2.05, 4.69) is 20.9 Å². The highest BCUT2D eigenvalue weighted by Crippen LogP contribution is 2.24. The predicted molar refractivity (Wildman–Crippen MR) is 218 cm³/mol. The summed E-state index contributed by atoms with van der Waals surface area (Å²) in [7, 11) is 1.21. The third kappa shape index (κ3) is 15.0. The second kappa shape index (κ2) is 24.4. The molecule has 2 fully saturated rings. The summed E-state index contributed by atoms with van der Waals surface area (Å²) < 4.78 is 15.6. The molecule has 0 aromatic heterocycles. The molecule has 2 aliphatic rings. The van der Waals surface area contributed by atoms with Crippen LogP contribution in [0.15, 0.2) is 65.7 Å². The van der Waals surface area contributed by atoms with Gasteiger partial charge in [-0.2, -0.15) is 0 Å². The molecule has 322 valence electrons. The highest BCUT2D eigenvalue weighted by molar-refractivity contribution is 5.99. The summed E-state index contributed by atoms with van der Waals surface area (Å²) in [5.74, 6) is -2.42. The molecule has 4 rings (SSSR count). The number of alkyl carbamates (subject to hydrolysis) is 1. The topological polar surface area (TPSA) is 205 Å². The minimum atomic E-state index is -1.20. The number of aliphatic hydroxyl groups excluding tert-OH is 1. The van der Waals surface area contributed by atoms with Crippen LogP contribution in [0.4, 0.5) is 9.59 Å². The molecule has 2 heterocycles. The van der Waals surface area contributed by atoms with Crippen molar-refractivity contribution < 1.29 is 48.1 Å². The molecule has 2 aromatic carbocycles. The maximum Gasteiger partial charge on any atom is 0.437 e. The second-order valence-electron chi connectivity index (χ2n) is 15.0. The largest absolute Gasteiger partial charge is 0.469 e. The molecule has 0 bridgehead atoms. The number of carbonyl (C=O) groups excluding carboxylic acids is 6. The number of benzene rings is 2. The van der Waals surface area contributed by atoms with Crippen molar-refractivity contribution in [2.75, 3.05) is 33.4 Å². The molecule has 0 saturated carbocycles. The summed E-state index contributed by atoms with van der Waals surface area (Å²) in [5.41, 5.74) is 1.54. The van der Waals surface area contributed by atoms with E-state index in [0.29, 0.717) is 51.6 Å². The summed E-state index contributed by atoms with van der Waals surface area (Å²) in [4.78, 5) is 86.4.